The third-order valence-corrected chi connectivity index (χ3v) is 3.46. The predicted octanol–water partition coefficient (Wildman–Crippen LogP) is 1.88. The molecule has 0 spiro atoms. The van der Waals surface area contributed by atoms with Gasteiger partial charge in [0.2, 0.25) is 0 Å². The Labute approximate surface area is 103 Å². The molecule has 1 aliphatic rings. The largest absolute Gasteiger partial charge is 0.343 e. The highest BCUT2D eigenvalue weighted by Crippen LogP contribution is 2.47. The quantitative estimate of drug-likeness (QED) is 0.610. The van der Waals surface area contributed by atoms with Gasteiger partial charge in [-0.25, -0.2) is 9.76 Å². The van der Waals surface area contributed by atoms with Crippen molar-refractivity contribution in [1.82, 2.24) is 9.76 Å². The van der Waals surface area contributed by atoms with Gasteiger partial charge in [-0.05, 0) is 6.42 Å². The maximum atomic E-state index is 12.7. The fraction of sp³-hybridized carbons (Fsp3) is 1.00. The summed E-state index contributed by atoms with van der Waals surface area (Å²) in [6.45, 7) is -7.41. The molecule has 1 saturated heterocycles. The Morgan fingerprint density at radius 3 is 2.71 bits per heavy atom. The first kappa shape index (κ1) is 6.43. The normalized spacial score (nSPS) is 40.2. The van der Waals surface area contributed by atoms with Crippen LogP contribution in [0.4, 0.5) is 0 Å². The molecule has 1 unspecified atom stereocenters. The zero-order valence-corrected chi connectivity index (χ0v) is 9.70. The Balaban J connectivity index is 3.27. The van der Waals surface area contributed by atoms with E-state index in [0.29, 0.717) is 0 Å². The molecule has 1 atom stereocenters. The van der Waals surface area contributed by atoms with Crippen molar-refractivity contribution < 1.29 is 17.3 Å². The van der Waals surface area contributed by atoms with Gasteiger partial charge in [0.05, 0.1) is 9.30 Å². The second kappa shape index (κ2) is 6.31. The molecule has 84 valence electrons. The molecule has 1 N–H and O–H groups in total. The zero-order valence-electron chi connectivity index (χ0n) is 13.3. The summed E-state index contributed by atoms with van der Waals surface area (Å²) >= 11 is 11.0. The molecular formula is C7H15Cl2N2O2P. The summed E-state index contributed by atoms with van der Waals surface area (Å²) in [5, 5.41) is 2.35. The molecule has 0 aliphatic carbocycles. The van der Waals surface area contributed by atoms with Gasteiger partial charge in [0.1, 0.15) is 0 Å². The third kappa shape index (κ3) is 3.37. The SMILES string of the molecule is [2H]C1([2H])CCNP(=O)(N(C([2H])([2H])CCl)C([2H])([2H])CCl)O1. The van der Waals surface area contributed by atoms with E-state index in [1.807, 2.05) is 0 Å². The van der Waals surface area contributed by atoms with Crippen molar-refractivity contribution in [2.75, 3.05) is 37.9 Å². The van der Waals surface area contributed by atoms with Crippen LogP contribution in [0.5, 0.6) is 0 Å². The Morgan fingerprint density at radius 1 is 1.57 bits per heavy atom. The molecule has 0 bridgehead atoms. The maximum Gasteiger partial charge on any atom is 0.343 e. The van der Waals surface area contributed by atoms with Gasteiger partial charge in [-0.15, -0.1) is 23.2 Å². The van der Waals surface area contributed by atoms with Crippen LogP contribution in [0.25, 0.3) is 0 Å². The van der Waals surface area contributed by atoms with E-state index in [9.17, 15) is 4.57 Å². The van der Waals surface area contributed by atoms with Crippen LogP contribution in [0.3, 0.4) is 0 Å². The van der Waals surface area contributed by atoms with E-state index < -0.39 is 39.0 Å². The molecule has 0 radical (unpaired) electrons. The standard InChI is InChI=1S/C7H15Cl2N2O2P/c8-2-5-11(6-3-9)14(12)10-4-1-7-13-14/h1-7H2,(H,10,12)/i5D2,6D2,7D2. The number of halogens is 2. The molecule has 0 amide bonds. The van der Waals surface area contributed by atoms with Crippen LogP contribution in [-0.2, 0) is 9.09 Å². The molecule has 14 heavy (non-hydrogen) atoms. The summed E-state index contributed by atoms with van der Waals surface area (Å²) in [5.41, 5.74) is 0. The van der Waals surface area contributed by atoms with Gasteiger partial charge in [-0.1, -0.05) is 0 Å². The summed E-state index contributed by atoms with van der Waals surface area (Å²) in [7, 11) is -4.33. The minimum atomic E-state index is -4.33. The summed E-state index contributed by atoms with van der Waals surface area (Å²) in [6, 6.07) is 0. The molecule has 1 fully saturated rings. The number of rotatable bonds is 5. The minimum absolute atomic E-state index is 0.0580. The molecule has 4 nitrogen and oxygen atoms in total. The average Bonchev–Trinajstić information content (AvgIpc) is 2.26. The Bertz CT molecular complexity index is 397. The first-order valence-corrected chi connectivity index (χ1v) is 6.54. The highest BCUT2D eigenvalue weighted by Gasteiger charge is 2.32. The topological polar surface area (TPSA) is 41.6 Å². The molecule has 0 aromatic rings. The molecule has 0 saturated carbocycles. The Hall–Kier alpha value is 0.690. The lowest BCUT2D eigenvalue weighted by molar-refractivity contribution is 0.233. The van der Waals surface area contributed by atoms with Gasteiger partial charge >= 0.3 is 7.67 Å². The highest BCUT2D eigenvalue weighted by atomic mass is 35.5. The van der Waals surface area contributed by atoms with Crippen molar-refractivity contribution in [3.63, 3.8) is 0 Å². The fourth-order valence-corrected chi connectivity index (χ4v) is 2.75. The number of nitrogens with one attached hydrogen (secondary N) is 1. The molecular weight excluding hydrogens is 246 g/mol. The van der Waals surface area contributed by atoms with E-state index in [1.54, 1.807) is 0 Å². The Morgan fingerprint density at radius 2 is 2.21 bits per heavy atom. The Kier molecular flexibility index (Phi) is 2.90. The van der Waals surface area contributed by atoms with Crippen LogP contribution in [-0.4, -0.2) is 42.5 Å². The first-order valence-electron chi connectivity index (χ1n) is 6.89. The average molecular weight is 267 g/mol. The minimum Gasteiger partial charge on any atom is -0.306 e. The summed E-state index contributed by atoms with van der Waals surface area (Å²) in [5.74, 6) is -1.39. The lowest BCUT2D eigenvalue weighted by Gasteiger charge is -2.33. The molecule has 1 heterocycles. The molecule has 7 heteroatoms. The second-order valence-electron chi connectivity index (χ2n) is 2.31. The van der Waals surface area contributed by atoms with Gasteiger partial charge in [-0.2, -0.15) is 0 Å². The van der Waals surface area contributed by atoms with E-state index in [4.69, 9.17) is 36.0 Å². The van der Waals surface area contributed by atoms with Gasteiger partial charge in [-0.3, -0.25) is 4.57 Å². The van der Waals surface area contributed by atoms with Crippen LogP contribution in [0, 0.1) is 0 Å². The van der Waals surface area contributed by atoms with Crippen LogP contribution in [0.1, 0.15) is 14.6 Å². The molecule has 1 aliphatic heterocycles. The fourth-order valence-electron chi connectivity index (χ4n) is 0.880. The van der Waals surface area contributed by atoms with Gasteiger partial charge in [0.15, 0.2) is 0 Å². The number of nitrogens with zero attached hydrogens (tertiary/aromatic N) is 1. The second-order valence-corrected chi connectivity index (χ2v) is 4.78. The highest BCUT2D eigenvalue weighted by molar-refractivity contribution is 7.54. The van der Waals surface area contributed by atoms with Gasteiger partial charge in [0.25, 0.3) is 0 Å². The smallest absolute Gasteiger partial charge is 0.306 e. The third-order valence-electron chi connectivity index (χ3n) is 1.41. The van der Waals surface area contributed by atoms with Crippen molar-refractivity contribution in [2.45, 2.75) is 6.42 Å². The van der Waals surface area contributed by atoms with Gasteiger partial charge in [0, 0.05) is 36.8 Å². The number of hydrogen-bond acceptors (Lipinski definition) is 2. The summed E-state index contributed by atoms with van der Waals surface area (Å²) < 4.78 is 63.7. The van der Waals surface area contributed by atoms with Crippen molar-refractivity contribution in [1.29, 1.82) is 0 Å². The van der Waals surface area contributed by atoms with Crippen molar-refractivity contribution >= 4 is 30.9 Å². The first-order chi connectivity index (χ1) is 8.90. The summed E-state index contributed by atoms with van der Waals surface area (Å²) in [6.07, 6.45) is -0.0986. The van der Waals surface area contributed by atoms with E-state index >= 15 is 0 Å². The van der Waals surface area contributed by atoms with Crippen LogP contribution < -0.4 is 5.09 Å². The van der Waals surface area contributed by atoms with E-state index in [-0.39, 0.29) is 17.6 Å². The monoisotopic (exact) mass is 266 g/mol. The van der Waals surface area contributed by atoms with Crippen molar-refractivity contribution in [2.24, 2.45) is 0 Å². The summed E-state index contributed by atoms with van der Waals surface area (Å²) in [4.78, 5) is 0. The van der Waals surface area contributed by atoms with E-state index in [0.717, 1.165) is 0 Å². The van der Waals surface area contributed by atoms with Crippen molar-refractivity contribution in [3.8, 4) is 0 Å². The van der Waals surface area contributed by atoms with E-state index in [1.165, 1.54) is 0 Å². The van der Waals surface area contributed by atoms with Crippen LogP contribution in [0.2, 0.25) is 0 Å². The van der Waals surface area contributed by atoms with Gasteiger partial charge < -0.3 is 4.52 Å². The van der Waals surface area contributed by atoms with Crippen molar-refractivity contribution in [3.05, 3.63) is 0 Å². The maximum absolute atomic E-state index is 12.7. The van der Waals surface area contributed by atoms with Crippen LogP contribution in [0.15, 0.2) is 0 Å². The molecule has 0 aromatic heterocycles. The predicted molar refractivity (Wildman–Crippen MR) is 59.2 cm³/mol. The lowest BCUT2D eigenvalue weighted by Crippen LogP contribution is -2.35. The molecule has 1 rings (SSSR count). The van der Waals surface area contributed by atoms with Crippen LogP contribution >= 0.6 is 30.9 Å². The number of hydrogen-bond donors (Lipinski definition) is 1. The van der Waals surface area contributed by atoms with E-state index in [2.05, 4.69) is 5.09 Å². The number of alkyl halides is 2. The zero-order chi connectivity index (χ0) is 15.8. The molecule has 0 aromatic carbocycles. The lowest BCUT2D eigenvalue weighted by atomic mass is 10.5.